The summed E-state index contributed by atoms with van der Waals surface area (Å²) in [6.45, 7) is 5.76. The van der Waals surface area contributed by atoms with E-state index in [1.165, 1.54) is 19.4 Å². The fraction of sp³-hybridized carbons (Fsp3) is 0.636. The zero-order valence-electron chi connectivity index (χ0n) is 8.18. The van der Waals surface area contributed by atoms with Gasteiger partial charge in [0.1, 0.15) is 0 Å². The van der Waals surface area contributed by atoms with Gasteiger partial charge in [-0.3, -0.25) is 0 Å². The SMILES string of the molecule is CC1(C)NCC2(CC2)c2sccc21. The van der Waals surface area contributed by atoms with Gasteiger partial charge in [0.25, 0.3) is 0 Å². The van der Waals surface area contributed by atoms with E-state index >= 15 is 0 Å². The second-order valence-electron chi connectivity index (χ2n) is 4.92. The summed E-state index contributed by atoms with van der Waals surface area (Å²) in [4.78, 5) is 1.66. The highest BCUT2D eigenvalue weighted by Gasteiger charge is 2.51. The van der Waals surface area contributed by atoms with Crippen LogP contribution >= 0.6 is 11.3 Å². The van der Waals surface area contributed by atoms with Crippen molar-refractivity contribution in [3.8, 4) is 0 Å². The van der Waals surface area contributed by atoms with Crippen LogP contribution < -0.4 is 5.32 Å². The van der Waals surface area contributed by atoms with Gasteiger partial charge in [-0.15, -0.1) is 11.3 Å². The van der Waals surface area contributed by atoms with Crippen LogP contribution in [0.2, 0.25) is 0 Å². The minimum atomic E-state index is 0.198. The highest BCUT2D eigenvalue weighted by atomic mass is 32.1. The maximum absolute atomic E-state index is 3.66. The van der Waals surface area contributed by atoms with E-state index in [0.29, 0.717) is 5.41 Å². The molecule has 1 aliphatic carbocycles. The maximum atomic E-state index is 3.66. The number of hydrogen-bond donors (Lipinski definition) is 1. The molecule has 13 heavy (non-hydrogen) atoms. The standard InChI is InChI=1S/C11H15NS/c1-10(2)8-3-6-13-9(8)11(4-5-11)7-12-10/h3,6,12H,4-5,7H2,1-2H3. The summed E-state index contributed by atoms with van der Waals surface area (Å²) in [5, 5.41) is 5.91. The van der Waals surface area contributed by atoms with Gasteiger partial charge in [-0.1, -0.05) is 0 Å². The topological polar surface area (TPSA) is 12.0 Å². The molecule has 3 rings (SSSR count). The summed E-state index contributed by atoms with van der Waals surface area (Å²) in [6.07, 6.45) is 2.78. The van der Waals surface area contributed by atoms with Crippen LogP contribution in [0.3, 0.4) is 0 Å². The van der Waals surface area contributed by atoms with Crippen molar-refractivity contribution in [3.05, 3.63) is 21.9 Å². The van der Waals surface area contributed by atoms with E-state index in [-0.39, 0.29) is 5.54 Å². The molecule has 0 saturated heterocycles. The van der Waals surface area contributed by atoms with E-state index in [1.54, 1.807) is 10.4 Å². The van der Waals surface area contributed by atoms with Gasteiger partial charge in [-0.05, 0) is 43.7 Å². The third-order valence-corrected chi connectivity index (χ3v) is 4.70. The Labute approximate surface area is 83.2 Å². The fourth-order valence-corrected chi connectivity index (χ4v) is 3.65. The molecule has 0 atom stereocenters. The van der Waals surface area contributed by atoms with Gasteiger partial charge in [0.2, 0.25) is 0 Å². The highest BCUT2D eigenvalue weighted by molar-refractivity contribution is 7.10. The molecule has 1 N–H and O–H groups in total. The third kappa shape index (κ3) is 0.960. The van der Waals surface area contributed by atoms with Crippen molar-refractivity contribution >= 4 is 11.3 Å². The van der Waals surface area contributed by atoms with E-state index in [2.05, 4.69) is 30.6 Å². The van der Waals surface area contributed by atoms with Crippen molar-refractivity contribution in [3.63, 3.8) is 0 Å². The molecule has 0 aromatic carbocycles. The summed E-state index contributed by atoms with van der Waals surface area (Å²) in [6, 6.07) is 2.30. The molecule has 1 nitrogen and oxygen atoms in total. The summed E-state index contributed by atoms with van der Waals surface area (Å²) in [5.41, 5.74) is 2.30. The van der Waals surface area contributed by atoms with Crippen LogP contribution in [0, 0.1) is 0 Å². The van der Waals surface area contributed by atoms with Crippen LogP contribution in [-0.4, -0.2) is 6.54 Å². The molecule has 70 valence electrons. The molecule has 1 saturated carbocycles. The van der Waals surface area contributed by atoms with Crippen molar-refractivity contribution in [1.82, 2.24) is 5.32 Å². The Bertz CT molecular complexity index is 326. The predicted molar refractivity (Wildman–Crippen MR) is 56.3 cm³/mol. The first kappa shape index (κ1) is 8.01. The first-order chi connectivity index (χ1) is 6.14. The fourth-order valence-electron chi connectivity index (χ4n) is 2.33. The van der Waals surface area contributed by atoms with Gasteiger partial charge in [0, 0.05) is 22.4 Å². The molecule has 1 aromatic rings. The first-order valence-electron chi connectivity index (χ1n) is 4.98. The molecule has 1 fully saturated rings. The van der Waals surface area contributed by atoms with Gasteiger partial charge in [-0.25, -0.2) is 0 Å². The van der Waals surface area contributed by atoms with Crippen molar-refractivity contribution in [2.24, 2.45) is 0 Å². The lowest BCUT2D eigenvalue weighted by Gasteiger charge is -2.36. The van der Waals surface area contributed by atoms with Crippen LogP contribution in [0.4, 0.5) is 0 Å². The molecule has 0 bridgehead atoms. The largest absolute Gasteiger partial charge is 0.307 e. The first-order valence-corrected chi connectivity index (χ1v) is 5.86. The van der Waals surface area contributed by atoms with E-state index < -0.39 is 0 Å². The van der Waals surface area contributed by atoms with E-state index in [1.807, 2.05) is 11.3 Å². The van der Waals surface area contributed by atoms with Gasteiger partial charge in [0.15, 0.2) is 0 Å². The molecular weight excluding hydrogens is 178 g/mol. The molecule has 0 radical (unpaired) electrons. The van der Waals surface area contributed by atoms with E-state index in [9.17, 15) is 0 Å². The zero-order chi connectivity index (χ0) is 9.10. The molecule has 1 spiro atoms. The van der Waals surface area contributed by atoms with Gasteiger partial charge < -0.3 is 5.32 Å². The lowest BCUT2D eigenvalue weighted by Crippen LogP contribution is -2.46. The maximum Gasteiger partial charge on any atom is 0.0389 e. The van der Waals surface area contributed by atoms with Crippen molar-refractivity contribution in [1.29, 1.82) is 0 Å². The second kappa shape index (κ2) is 2.18. The number of hydrogen-bond acceptors (Lipinski definition) is 2. The smallest absolute Gasteiger partial charge is 0.0389 e. The number of thiophene rings is 1. The summed E-state index contributed by atoms with van der Waals surface area (Å²) in [5.74, 6) is 0. The van der Waals surface area contributed by atoms with Crippen molar-refractivity contribution < 1.29 is 0 Å². The van der Waals surface area contributed by atoms with E-state index in [4.69, 9.17) is 0 Å². The van der Waals surface area contributed by atoms with Crippen LogP contribution in [0.25, 0.3) is 0 Å². The Morgan fingerprint density at radius 3 is 2.85 bits per heavy atom. The monoisotopic (exact) mass is 193 g/mol. The van der Waals surface area contributed by atoms with Gasteiger partial charge in [0.05, 0.1) is 0 Å². The lowest BCUT2D eigenvalue weighted by atomic mass is 9.84. The zero-order valence-corrected chi connectivity index (χ0v) is 9.00. The Hall–Kier alpha value is -0.340. The van der Waals surface area contributed by atoms with Crippen molar-refractivity contribution in [2.45, 2.75) is 37.6 Å². The second-order valence-corrected chi connectivity index (χ2v) is 5.84. The summed E-state index contributed by atoms with van der Waals surface area (Å²) in [7, 11) is 0. The van der Waals surface area contributed by atoms with E-state index in [0.717, 1.165) is 0 Å². The molecule has 2 heteroatoms. The normalized spacial score (nSPS) is 27.2. The molecule has 2 heterocycles. The highest BCUT2D eigenvalue weighted by Crippen LogP contribution is 2.55. The van der Waals surface area contributed by atoms with Crippen LogP contribution in [0.1, 0.15) is 37.1 Å². The molecule has 1 aromatic heterocycles. The molecule has 0 amide bonds. The number of nitrogens with one attached hydrogen (secondary N) is 1. The Kier molecular flexibility index (Phi) is 1.34. The minimum Gasteiger partial charge on any atom is -0.307 e. The Morgan fingerprint density at radius 1 is 1.38 bits per heavy atom. The third-order valence-electron chi connectivity index (χ3n) is 3.54. The molecule has 0 unspecified atom stereocenters. The predicted octanol–water partition coefficient (Wildman–Crippen LogP) is 2.62. The molecule has 2 aliphatic rings. The van der Waals surface area contributed by atoms with Gasteiger partial charge in [-0.2, -0.15) is 0 Å². The number of fused-ring (bicyclic) bond motifs is 2. The Morgan fingerprint density at radius 2 is 2.15 bits per heavy atom. The molecule has 1 aliphatic heterocycles. The quantitative estimate of drug-likeness (QED) is 0.668. The summed E-state index contributed by atoms with van der Waals surface area (Å²) >= 11 is 1.96. The Balaban J connectivity index is 2.17. The van der Waals surface area contributed by atoms with Crippen LogP contribution in [-0.2, 0) is 11.0 Å². The van der Waals surface area contributed by atoms with Crippen molar-refractivity contribution in [2.75, 3.05) is 6.54 Å². The van der Waals surface area contributed by atoms with Crippen LogP contribution in [0.15, 0.2) is 11.4 Å². The van der Waals surface area contributed by atoms with Gasteiger partial charge >= 0.3 is 0 Å². The minimum absolute atomic E-state index is 0.198. The summed E-state index contributed by atoms with van der Waals surface area (Å²) < 4.78 is 0. The average Bonchev–Trinajstić information content (AvgIpc) is 2.66. The molecular formula is C11H15NS. The lowest BCUT2D eigenvalue weighted by molar-refractivity contribution is 0.350. The number of rotatable bonds is 0. The van der Waals surface area contributed by atoms with Crippen LogP contribution in [0.5, 0.6) is 0 Å². The average molecular weight is 193 g/mol.